The van der Waals surface area contributed by atoms with Crippen LogP contribution < -0.4 is 5.32 Å². The van der Waals surface area contributed by atoms with Crippen molar-refractivity contribution in [1.82, 2.24) is 10.3 Å². The molecule has 1 N–H and O–H groups in total. The molecule has 0 spiro atoms. The minimum Gasteiger partial charge on any atom is -0.445 e. The molecule has 0 aliphatic heterocycles. The predicted octanol–water partition coefficient (Wildman–Crippen LogP) is 2.73. The van der Waals surface area contributed by atoms with E-state index in [9.17, 15) is 0 Å². The van der Waals surface area contributed by atoms with Gasteiger partial charge in [0.05, 0.1) is 6.20 Å². The highest BCUT2D eigenvalue weighted by Crippen LogP contribution is 2.46. The predicted molar refractivity (Wildman–Crippen MR) is 64.5 cm³/mol. The SMILES string of the molecule is CCCNCCCc1ncc(C2CC2C)o1. The lowest BCUT2D eigenvalue weighted by Gasteiger charge is -2.00. The molecule has 0 radical (unpaired) electrons. The Labute approximate surface area is 97.6 Å². The van der Waals surface area contributed by atoms with Gasteiger partial charge in [-0.15, -0.1) is 0 Å². The van der Waals surface area contributed by atoms with Gasteiger partial charge in [-0.3, -0.25) is 0 Å². The Morgan fingerprint density at radius 2 is 2.31 bits per heavy atom. The molecule has 16 heavy (non-hydrogen) atoms. The molecule has 1 aliphatic carbocycles. The lowest BCUT2D eigenvalue weighted by molar-refractivity contribution is 0.444. The second kappa shape index (κ2) is 5.48. The first-order valence-corrected chi connectivity index (χ1v) is 6.46. The smallest absolute Gasteiger partial charge is 0.194 e. The molecule has 1 aliphatic rings. The van der Waals surface area contributed by atoms with Gasteiger partial charge in [-0.1, -0.05) is 13.8 Å². The van der Waals surface area contributed by atoms with Gasteiger partial charge in [0.1, 0.15) is 5.76 Å². The molecule has 1 fully saturated rings. The molecule has 3 nitrogen and oxygen atoms in total. The van der Waals surface area contributed by atoms with Crippen molar-refractivity contribution in [2.45, 2.75) is 45.4 Å². The fourth-order valence-electron chi connectivity index (χ4n) is 2.00. The minimum absolute atomic E-state index is 0.652. The standard InChI is InChI=1S/C13H22N2O/c1-3-6-14-7-4-5-13-15-9-12(16-13)11-8-10(11)2/h9-11,14H,3-8H2,1-2H3. The van der Waals surface area contributed by atoms with Crippen molar-refractivity contribution in [2.75, 3.05) is 13.1 Å². The van der Waals surface area contributed by atoms with Crippen LogP contribution in [0.15, 0.2) is 10.6 Å². The fourth-order valence-corrected chi connectivity index (χ4v) is 2.00. The zero-order valence-corrected chi connectivity index (χ0v) is 10.3. The number of hydrogen-bond donors (Lipinski definition) is 1. The van der Waals surface area contributed by atoms with Crippen molar-refractivity contribution in [1.29, 1.82) is 0 Å². The molecular weight excluding hydrogens is 200 g/mol. The van der Waals surface area contributed by atoms with Crippen LogP contribution in [-0.2, 0) is 6.42 Å². The lowest BCUT2D eigenvalue weighted by atomic mass is 10.3. The van der Waals surface area contributed by atoms with Gasteiger partial charge >= 0.3 is 0 Å². The molecule has 3 heteroatoms. The molecule has 1 saturated carbocycles. The Morgan fingerprint density at radius 3 is 3.00 bits per heavy atom. The first kappa shape index (κ1) is 11.6. The van der Waals surface area contributed by atoms with Gasteiger partial charge in [-0.05, 0) is 38.3 Å². The molecule has 0 bridgehead atoms. The van der Waals surface area contributed by atoms with Crippen LogP contribution in [-0.4, -0.2) is 18.1 Å². The van der Waals surface area contributed by atoms with E-state index in [-0.39, 0.29) is 0 Å². The normalized spacial score (nSPS) is 23.6. The summed E-state index contributed by atoms with van der Waals surface area (Å²) in [5.74, 6) is 3.46. The van der Waals surface area contributed by atoms with E-state index in [1.165, 1.54) is 12.8 Å². The Bertz CT molecular complexity index is 321. The van der Waals surface area contributed by atoms with Crippen LogP contribution in [0.1, 0.15) is 50.7 Å². The maximum Gasteiger partial charge on any atom is 0.194 e. The molecule has 1 aromatic heterocycles. The molecular formula is C13H22N2O. The summed E-state index contributed by atoms with van der Waals surface area (Å²) in [5.41, 5.74) is 0. The highest BCUT2D eigenvalue weighted by Gasteiger charge is 2.36. The van der Waals surface area contributed by atoms with E-state index in [0.717, 1.165) is 43.5 Å². The molecule has 90 valence electrons. The van der Waals surface area contributed by atoms with Crippen molar-refractivity contribution in [3.8, 4) is 0 Å². The Balaban J connectivity index is 1.67. The molecule has 0 saturated heterocycles. The van der Waals surface area contributed by atoms with Gasteiger partial charge in [0, 0.05) is 12.3 Å². The van der Waals surface area contributed by atoms with Crippen molar-refractivity contribution in [3.63, 3.8) is 0 Å². The maximum atomic E-state index is 5.75. The number of nitrogens with one attached hydrogen (secondary N) is 1. The third kappa shape index (κ3) is 3.08. The number of nitrogens with zero attached hydrogens (tertiary/aromatic N) is 1. The van der Waals surface area contributed by atoms with Crippen LogP contribution in [0.5, 0.6) is 0 Å². The summed E-state index contributed by atoms with van der Waals surface area (Å²) in [6.07, 6.45) is 6.45. The van der Waals surface area contributed by atoms with Crippen LogP contribution in [0, 0.1) is 5.92 Å². The van der Waals surface area contributed by atoms with Crippen LogP contribution >= 0.6 is 0 Å². The highest BCUT2D eigenvalue weighted by atomic mass is 16.4. The van der Waals surface area contributed by atoms with E-state index >= 15 is 0 Å². The Morgan fingerprint density at radius 1 is 1.50 bits per heavy atom. The number of aromatic nitrogens is 1. The van der Waals surface area contributed by atoms with E-state index in [1.54, 1.807) is 0 Å². The largest absolute Gasteiger partial charge is 0.445 e. The topological polar surface area (TPSA) is 38.1 Å². The maximum absolute atomic E-state index is 5.75. The molecule has 2 unspecified atom stereocenters. The van der Waals surface area contributed by atoms with Crippen molar-refractivity contribution in [3.05, 3.63) is 17.8 Å². The van der Waals surface area contributed by atoms with E-state index in [0.29, 0.717) is 5.92 Å². The molecule has 1 heterocycles. The van der Waals surface area contributed by atoms with E-state index < -0.39 is 0 Å². The molecule has 0 amide bonds. The van der Waals surface area contributed by atoms with Gasteiger partial charge in [0.25, 0.3) is 0 Å². The summed E-state index contributed by atoms with van der Waals surface area (Å²) >= 11 is 0. The molecule has 2 atom stereocenters. The summed E-state index contributed by atoms with van der Waals surface area (Å²) in [5, 5.41) is 3.38. The lowest BCUT2D eigenvalue weighted by Crippen LogP contribution is -2.16. The van der Waals surface area contributed by atoms with Gasteiger partial charge in [-0.25, -0.2) is 4.98 Å². The summed E-state index contributed by atoms with van der Waals surface area (Å²) in [4.78, 5) is 4.34. The zero-order chi connectivity index (χ0) is 11.4. The number of aryl methyl sites for hydroxylation is 1. The average molecular weight is 222 g/mol. The van der Waals surface area contributed by atoms with Gasteiger partial charge in [0.2, 0.25) is 0 Å². The second-order valence-corrected chi connectivity index (χ2v) is 4.83. The summed E-state index contributed by atoms with van der Waals surface area (Å²) in [6.45, 7) is 6.62. The van der Waals surface area contributed by atoms with E-state index in [2.05, 4.69) is 24.1 Å². The van der Waals surface area contributed by atoms with Crippen molar-refractivity contribution < 1.29 is 4.42 Å². The van der Waals surface area contributed by atoms with E-state index in [4.69, 9.17) is 4.42 Å². The molecule has 2 rings (SSSR count). The average Bonchev–Trinajstić information content (AvgIpc) is 2.83. The monoisotopic (exact) mass is 222 g/mol. The third-order valence-electron chi connectivity index (χ3n) is 3.22. The third-order valence-corrected chi connectivity index (χ3v) is 3.22. The first-order valence-electron chi connectivity index (χ1n) is 6.46. The van der Waals surface area contributed by atoms with Crippen LogP contribution in [0.4, 0.5) is 0 Å². The number of hydrogen-bond acceptors (Lipinski definition) is 3. The number of oxazole rings is 1. The van der Waals surface area contributed by atoms with Crippen molar-refractivity contribution >= 4 is 0 Å². The van der Waals surface area contributed by atoms with Crippen LogP contribution in [0.25, 0.3) is 0 Å². The van der Waals surface area contributed by atoms with Crippen LogP contribution in [0.2, 0.25) is 0 Å². The van der Waals surface area contributed by atoms with Crippen LogP contribution in [0.3, 0.4) is 0 Å². The molecule has 0 aromatic carbocycles. The van der Waals surface area contributed by atoms with Gasteiger partial charge in [0.15, 0.2) is 5.89 Å². The highest BCUT2D eigenvalue weighted by molar-refractivity contribution is 5.11. The number of rotatable bonds is 7. The minimum atomic E-state index is 0.652. The zero-order valence-electron chi connectivity index (χ0n) is 10.3. The molecule has 1 aromatic rings. The second-order valence-electron chi connectivity index (χ2n) is 4.83. The Hall–Kier alpha value is -0.830. The van der Waals surface area contributed by atoms with Gasteiger partial charge < -0.3 is 9.73 Å². The Kier molecular flexibility index (Phi) is 3.99. The van der Waals surface area contributed by atoms with Gasteiger partial charge in [-0.2, -0.15) is 0 Å². The fraction of sp³-hybridized carbons (Fsp3) is 0.769. The summed E-state index contributed by atoms with van der Waals surface area (Å²) in [6, 6.07) is 0. The van der Waals surface area contributed by atoms with Crippen molar-refractivity contribution in [2.24, 2.45) is 5.92 Å². The quantitative estimate of drug-likeness (QED) is 0.721. The summed E-state index contributed by atoms with van der Waals surface area (Å²) < 4.78 is 5.75. The first-order chi connectivity index (χ1) is 7.81. The van der Waals surface area contributed by atoms with E-state index in [1.807, 2.05) is 6.20 Å². The summed E-state index contributed by atoms with van der Waals surface area (Å²) in [7, 11) is 0.